The fraction of sp³-hybridized carbons (Fsp3) is 0.500. The average molecular weight is 327 g/mol. The van der Waals surface area contributed by atoms with Crippen LogP contribution in [0, 0.1) is 17.8 Å². The molecule has 3 rings (SSSR count). The Morgan fingerprint density at radius 2 is 1.96 bits per heavy atom. The number of carbonyl (C=O) groups is 2. The summed E-state index contributed by atoms with van der Waals surface area (Å²) in [4.78, 5) is 27.1. The molecule has 0 aromatic heterocycles. The number of hydrogen-bond acceptors (Lipinski definition) is 4. The number of methoxy groups -OCH3 is 1. The molecule has 1 aromatic carbocycles. The monoisotopic (exact) mass is 327 g/mol. The molecule has 0 N–H and O–H groups in total. The van der Waals surface area contributed by atoms with Crippen LogP contribution in [0.5, 0.6) is 0 Å². The van der Waals surface area contributed by atoms with E-state index >= 15 is 0 Å². The van der Waals surface area contributed by atoms with Gasteiger partial charge in [-0.15, -0.1) is 0 Å². The Labute approximate surface area is 143 Å². The van der Waals surface area contributed by atoms with Crippen LogP contribution in [0.15, 0.2) is 36.4 Å². The minimum atomic E-state index is -0.248. The SMILES string of the molecule is COC(=O)C(CC(C)C)N1C[C@@H]2C=C(c3ccccc3)C(=O)[C@@H]2C1. The van der Waals surface area contributed by atoms with Crippen molar-refractivity contribution in [3.05, 3.63) is 42.0 Å². The zero-order valence-corrected chi connectivity index (χ0v) is 14.6. The van der Waals surface area contributed by atoms with Gasteiger partial charge in [-0.2, -0.15) is 0 Å². The van der Waals surface area contributed by atoms with E-state index in [1.165, 1.54) is 7.11 Å². The van der Waals surface area contributed by atoms with E-state index in [4.69, 9.17) is 4.74 Å². The van der Waals surface area contributed by atoms with Crippen molar-refractivity contribution < 1.29 is 14.3 Å². The molecule has 4 heteroatoms. The first-order valence-electron chi connectivity index (χ1n) is 8.64. The van der Waals surface area contributed by atoms with Crippen molar-refractivity contribution in [1.82, 2.24) is 4.90 Å². The predicted octanol–water partition coefficient (Wildman–Crippen LogP) is 2.79. The number of nitrogens with zero attached hydrogens (tertiary/aromatic N) is 1. The molecule has 0 spiro atoms. The third-order valence-corrected chi connectivity index (χ3v) is 5.07. The van der Waals surface area contributed by atoms with Crippen molar-refractivity contribution in [2.45, 2.75) is 26.3 Å². The maximum absolute atomic E-state index is 12.8. The number of benzene rings is 1. The highest BCUT2D eigenvalue weighted by Gasteiger charge is 2.45. The fourth-order valence-electron chi connectivity index (χ4n) is 3.89. The lowest BCUT2D eigenvalue weighted by atomic mass is 9.97. The normalized spacial score (nSPS) is 24.8. The van der Waals surface area contributed by atoms with Gasteiger partial charge in [-0.25, -0.2) is 0 Å². The summed E-state index contributed by atoms with van der Waals surface area (Å²) in [5.74, 6) is 0.595. The van der Waals surface area contributed by atoms with Gasteiger partial charge in [0, 0.05) is 30.5 Å². The van der Waals surface area contributed by atoms with Crippen molar-refractivity contribution in [1.29, 1.82) is 0 Å². The third-order valence-electron chi connectivity index (χ3n) is 5.07. The molecule has 24 heavy (non-hydrogen) atoms. The molecule has 4 nitrogen and oxygen atoms in total. The number of fused-ring (bicyclic) bond motifs is 1. The zero-order valence-electron chi connectivity index (χ0n) is 14.6. The second-order valence-electron chi connectivity index (χ2n) is 7.20. The number of ether oxygens (including phenoxy) is 1. The van der Waals surface area contributed by atoms with Gasteiger partial charge in [0.2, 0.25) is 0 Å². The van der Waals surface area contributed by atoms with Crippen LogP contribution < -0.4 is 0 Å². The first kappa shape index (κ1) is 16.9. The summed E-state index contributed by atoms with van der Waals surface area (Å²) >= 11 is 0. The van der Waals surface area contributed by atoms with E-state index in [1.807, 2.05) is 30.3 Å². The van der Waals surface area contributed by atoms with E-state index in [1.54, 1.807) is 0 Å². The molecule has 0 bridgehead atoms. The Kier molecular flexibility index (Phi) is 4.86. The summed E-state index contributed by atoms with van der Waals surface area (Å²) in [5, 5.41) is 0. The van der Waals surface area contributed by atoms with Crippen molar-refractivity contribution in [2.75, 3.05) is 20.2 Å². The number of ketones is 1. The van der Waals surface area contributed by atoms with Gasteiger partial charge < -0.3 is 4.74 Å². The second kappa shape index (κ2) is 6.89. The predicted molar refractivity (Wildman–Crippen MR) is 93.2 cm³/mol. The summed E-state index contributed by atoms with van der Waals surface area (Å²) in [6.07, 6.45) is 2.86. The van der Waals surface area contributed by atoms with Gasteiger partial charge in [0.05, 0.1) is 7.11 Å². The Bertz CT molecular complexity index is 650. The van der Waals surface area contributed by atoms with Crippen LogP contribution in [-0.2, 0) is 14.3 Å². The highest BCUT2D eigenvalue weighted by molar-refractivity contribution is 6.24. The molecule has 128 valence electrons. The fourth-order valence-corrected chi connectivity index (χ4v) is 3.89. The topological polar surface area (TPSA) is 46.6 Å². The molecule has 1 saturated heterocycles. The largest absolute Gasteiger partial charge is 0.468 e. The van der Waals surface area contributed by atoms with Crippen LogP contribution in [0.1, 0.15) is 25.8 Å². The minimum absolute atomic E-state index is 0.0282. The minimum Gasteiger partial charge on any atom is -0.468 e. The van der Waals surface area contributed by atoms with Crippen molar-refractivity contribution in [3.8, 4) is 0 Å². The third kappa shape index (κ3) is 3.16. The van der Waals surface area contributed by atoms with E-state index in [2.05, 4.69) is 24.8 Å². The van der Waals surface area contributed by atoms with E-state index < -0.39 is 0 Å². The Balaban J connectivity index is 1.77. The summed E-state index contributed by atoms with van der Waals surface area (Å²) in [5.41, 5.74) is 1.83. The van der Waals surface area contributed by atoms with Crippen LogP contribution in [0.25, 0.3) is 5.57 Å². The lowest BCUT2D eigenvalue weighted by Crippen LogP contribution is -2.42. The van der Waals surface area contributed by atoms with Gasteiger partial charge in [0.15, 0.2) is 5.78 Å². The molecular weight excluding hydrogens is 302 g/mol. The first-order chi connectivity index (χ1) is 11.5. The van der Waals surface area contributed by atoms with Crippen LogP contribution in [0.2, 0.25) is 0 Å². The van der Waals surface area contributed by atoms with E-state index in [0.29, 0.717) is 12.5 Å². The number of rotatable bonds is 5. The Morgan fingerprint density at radius 1 is 1.25 bits per heavy atom. The molecule has 3 atom stereocenters. The average Bonchev–Trinajstić information content (AvgIpc) is 3.12. The van der Waals surface area contributed by atoms with Gasteiger partial charge in [0.1, 0.15) is 6.04 Å². The number of hydrogen-bond donors (Lipinski definition) is 0. The van der Waals surface area contributed by atoms with Gasteiger partial charge in [-0.1, -0.05) is 50.3 Å². The molecule has 1 fully saturated rings. The van der Waals surface area contributed by atoms with Crippen molar-refractivity contribution >= 4 is 17.3 Å². The molecular formula is C20H25NO3. The molecule has 2 aliphatic rings. The summed E-state index contributed by atoms with van der Waals surface area (Å²) in [6.45, 7) is 5.60. The number of likely N-dealkylation sites (tertiary alicyclic amines) is 1. The van der Waals surface area contributed by atoms with E-state index in [0.717, 1.165) is 24.1 Å². The highest BCUT2D eigenvalue weighted by Crippen LogP contribution is 2.39. The second-order valence-corrected chi connectivity index (χ2v) is 7.20. The standard InChI is InChI=1S/C20H25NO3/c1-13(2)9-18(20(23)24-3)21-11-15-10-16(19(22)17(15)12-21)14-7-5-4-6-8-14/h4-8,10,13,15,17-18H,9,11-12H2,1-3H3/t15-,17+,18?/m0/s1. The van der Waals surface area contributed by atoms with Gasteiger partial charge >= 0.3 is 5.97 Å². The van der Waals surface area contributed by atoms with Crippen LogP contribution in [0.3, 0.4) is 0 Å². The molecule has 0 radical (unpaired) electrons. The lowest BCUT2D eigenvalue weighted by molar-refractivity contribution is -0.147. The smallest absolute Gasteiger partial charge is 0.323 e. The van der Waals surface area contributed by atoms with E-state index in [9.17, 15) is 9.59 Å². The maximum Gasteiger partial charge on any atom is 0.323 e. The number of Topliss-reactive ketones (excluding diaryl/α,β-unsaturated/α-hetero) is 1. The number of allylic oxidation sites excluding steroid dienone is 1. The Hall–Kier alpha value is -1.94. The van der Waals surface area contributed by atoms with Gasteiger partial charge in [0.25, 0.3) is 0 Å². The zero-order chi connectivity index (χ0) is 17.3. The van der Waals surface area contributed by atoms with Crippen LogP contribution in [0.4, 0.5) is 0 Å². The molecule has 1 aromatic rings. The number of esters is 1. The summed E-state index contributed by atoms with van der Waals surface area (Å²) in [7, 11) is 1.44. The molecule has 0 saturated carbocycles. The van der Waals surface area contributed by atoms with E-state index in [-0.39, 0.29) is 29.6 Å². The molecule has 0 amide bonds. The van der Waals surface area contributed by atoms with Crippen molar-refractivity contribution in [2.24, 2.45) is 17.8 Å². The summed E-state index contributed by atoms with van der Waals surface area (Å²) in [6, 6.07) is 9.59. The Morgan fingerprint density at radius 3 is 2.54 bits per heavy atom. The van der Waals surface area contributed by atoms with Crippen LogP contribution >= 0.6 is 0 Å². The first-order valence-corrected chi connectivity index (χ1v) is 8.64. The molecule has 1 heterocycles. The maximum atomic E-state index is 12.8. The summed E-state index contributed by atoms with van der Waals surface area (Å²) < 4.78 is 4.98. The van der Waals surface area contributed by atoms with Gasteiger partial charge in [-0.05, 0) is 17.9 Å². The molecule has 1 aliphatic carbocycles. The lowest BCUT2D eigenvalue weighted by Gasteiger charge is -2.27. The van der Waals surface area contributed by atoms with Crippen LogP contribution in [-0.4, -0.2) is 42.9 Å². The molecule has 1 unspecified atom stereocenters. The molecule has 1 aliphatic heterocycles. The quantitative estimate of drug-likeness (QED) is 0.780. The van der Waals surface area contributed by atoms with Gasteiger partial charge in [-0.3, -0.25) is 14.5 Å². The highest BCUT2D eigenvalue weighted by atomic mass is 16.5. The van der Waals surface area contributed by atoms with Crippen molar-refractivity contribution in [3.63, 3.8) is 0 Å². The number of carbonyl (C=O) groups excluding carboxylic acids is 2.